The first kappa shape index (κ1) is 18.2. The molecule has 0 bridgehead atoms. The molecule has 0 unspecified atom stereocenters. The summed E-state index contributed by atoms with van der Waals surface area (Å²) in [5, 5.41) is 3.03. The van der Waals surface area contributed by atoms with Gasteiger partial charge in [0.2, 0.25) is 5.91 Å². The highest BCUT2D eigenvalue weighted by atomic mass is 32.2. The lowest BCUT2D eigenvalue weighted by Gasteiger charge is -2.18. The van der Waals surface area contributed by atoms with E-state index in [1.165, 1.54) is 11.8 Å². The summed E-state index contributed by atoms with van der Waals surface area (Å²) in [5.41, 5.74) is 2.12. The van der Waals surface area contributed by atoms with Crippen molar-refractivity contribution in [1.29, 1.82) is 0 Å². The molecular weight excluding hydrogens is 322 g/mol. The number of nitrogens with one attached hydrogen (secondary N) is 1. The minimum Gasteiger partial charge on any atom is -0.497 e. The second-order valence-electron chi connectivity index (χ2n) is 5.50. The summed E-state index contributed by atoms with van der Waals surface area (Å²) in [4.78, 5) is 13.2. The van der Waals surface area contributed by atoms with Gasteiger partial charge in [0.25, 0.3) is 0 Å². The molecular formula is C19H23NO3S. The zero-order valence-corrected chi connectivity index (χ0v) is 15.3. The van der Waals surface area contributed by atoms with Crippen LogP contribution in [0.5, 0.6) is 11.5 Å². The van der Waals surface area contributed by atoms with Gasteiger partial charge in [-0.05, 0) is 44.2 Å². The Labute approximate surface area is 147 Å². The third-order valence-electron chi connectivity index (χ3n) is 3.66. The van der Waals surface area contributed by atoms with Crippen molar-refractivity contribution in [2.45, 2.75) is 24.8 Å². The molecule has 0 aliphatic heterocycles. The maximum absolute atomic E-state index is 12.2. The second kappa shape index (κ2) is 8.64. The molecule has 1 N–H and O–H groups in total. The van der Waals surface area contributed by atoms with Gasteiger partial charge < -0.3 is 14.8 Å². The molecule has 0 saturated heterocycles. The van der Waals surface area contributed by atoms with Gasteiger partial charge in [0, 0.05) is 10.5 Å². The Morgan fingerprint density at radius 1 is 1.12 bits per heavy atom. The van der Waals surface area contributed by atoms with E-state index in [4.69, 9.17) is 9.47 Å². The molecule has 2 aromatic carbocycles. The lowest BCUT2D eigenvalue weighted by Crippen LogP contribution is -2.28. The monoisotopic (exact) mass is 345 g/mol. The van der Waals surface area contributed by atoms with Crippen molar-refractivity contribution in [2.24, 2.45) is 0 Å². The smallest absolute Gasteiger partial charge is 0.230 e. The van der Waals surface area contributed by atoms with Crippen LogP contribution in [0.25, 0.3) is 0 Å². The average molecular weight is 345 g/mol. The highest BCUT2D eigenvalue weighted by Crippen LogP contribution is 2.26. The number of hydrogen-bond donors (Lipinski definition) is 1. The van der Waals surface area contributed by atoms with Gasteiger partial charge in [0.15, 0.2) is 0 Å². The number of aryl methyl sites for hydroxylation is 1. The first-order valence-corrected chi connectivity index (χ1v) is 8.72. The average Bonchev–Trinajstić information content (AvgIpc) is 2.60. The predicted molar refractivity (Wildman–Crippen MR) is 98.0 cm³/mol. The molecule has 128 valence electrons. The lowest BCUT2D eigenvalue weighted by atomic mass is 10.0. The van der Waals surface area contributed by atoms with Gasteiger partial charge in [-0.15, -0.1) is 11.8 Å². The van der Waals surface area contributed by atoms with E-state index in [0.29, 0.717) is 5.75 Å². The van der Waals surface area contributed by atoms with Gasteiger partial charge >= 0.3 is 0 Å². The van der Waals surface area contributed by atoms with Crippen LogP contribution in [0.4, 0.5) is 0 Å². The van der Waals surface area contributed by atoms with Crippen molar-refractivity contribution in [3.63, 3.8) is 0 Å². The van der Waals surface area contributed by atoms with E-state index >= 15 is 0 Å². The Morgan fingerprint density at radius 2 is 1.83 bits per heavy atom. The van der Waals surface area contributed by atoms with E-state index in [-0.39, 0.29) is 11.9 Å². The van der Waals surface area contributed by atoms with Gasteiger partial charge in [-0.25, -0.2) is 0 Å². The van der Waals surface area contributed by atoms with Crippen LogP contribution in [0, 0.1) is 6.92 Å². The topological polar surface area (TPSA) is 47.6 Å². The van der Waals surface area contributed by atoms with E-state index < -0.39 is 0 Å². The molecule has 0 aliphatic rings. The number of thioether (sulfide) groups is 1. The highest BCUT2D eigenvalue weighted by Gasteiger charge is 2.14. The number of ether oxygens (including phenoxy) is 2. The summed E-state index contributed by atoms with van der Waals surface area (Å²) >= 11 is 1.50. The van der Waals surface area contributed by atoms with Crippen molar-refractivity contribution in [3.05, 3.63) is 53.6 Å². The Hall–Kier alpha value is -2.14. The molecule has 0 saturated carbocycles. The molecule has 1 amide bonds. The second-order valence-corrected chi connectivity index (χ2v) is 6.55. The number of carbonyl (C=O) groups is 1. The number of methoxy groups -OCH3 is 2. The summed E-state index contributed by atoms with van der Waals surface area (Å²) in [6.45, 7) is 3.99. The van der Waals surface area contributed by atoms with Crippen LogP contribution < -0.4 is 14.8 Å². The van der Waals surface area contributed by atoms with Crippen molar-refractivity contribution < 1.29 is 14.3 Å². The Morgan fingerprint density at radius 3 is 2.46 bits per heavy atom. The molecule has 0 radical (unpaired) electrons. The van der Waals surface area contributed by atoms with Gasteiger partial charge in [-0.3, -0.25) is 4.79 Å². The molecule has 0 aliphatic carbocycles. The summed E-state index contributed by atoms with van der Waals surface area (Å²) in [5.74, 6) is 1.96. The molecule has 4 nitrogen and oxygen atoms in total. The first-order valence-electron chi connectivity index (χ1n) is 7.74. The molecule has 2 aromatic rings. The first-order chi connectivity index (χ1) is 11.5. The summed E-state index contributed by atoms with van der Waals surface area (Å²) < 4.78 is 10.5. The summed E-state index contributed by atoms with van der Waals surface area (Å²) in [6, 6.07) is 13.5. The van der Waals surface area contributed by atoms with Crippen molar-refractivity contribution in [1.82, 2.24) is 5.32 Å². The van der Waals surface area contributed by atoms with Gasteiger partial charge in [-0.1, -0.05) is 17.7 Å². The fourth-order valence-electron chi connectivity index (χ4n) is 2.37. The SMILES string of the molecule is COc1ccc(SCC(=O)N[C@H](C)c2cc(C)ccc2OC)cc1. The minimum atomic E-state index is -0.108. The molecule has 0 fully saturated rings. The van der Waals surface area contributed by atoms with E-state index in [1.807, 2.05) is 56.3 Å². The van der Waals surface area contributed by atoms with Crippen LogP contribution in [0.2, 0.25) is 0 Å². The molecule has 0 aromatic heterocycles. The van der Waals surface area contributed by atoms with E-state index in [2.05, 4.69) is 5.32 Å². The lowest BCUT2D eigenvalue weighted by molar-refractivity contribution is -0.119. The maximum atomic E-state index is 12.2. The van der Waals surface area contributed by atoms with Crippen molar-refractivity contribution in [3.8, 4) is 11.5 Å². The number of amides is 1. The third kappa shape index (κ3) is 4.93. The number of carbonyl (C=O) groups excluding carboxylic acids is 1. The molecule has 0 spiro atoms. The van der Waals surface area contributed by atoms with E-state index in [1.54, 1.807) is 14.2 Å². The van der Waals surface area contributed by atoms with Crippen molar-refractivity contribution in [2.75, 3.05) is 20.0 Å². The standard InChI is InChI=1S/C19H23NO3S/c1-13-5-10-18(23-4)17(11-13)14(2)20-19(21)12-24-16-8-6-15(22-3)7-9-16/h5-11,14H,12H2,1-4H3,(H,20,21)/t14-/m1/s1. The zero-order chi connectivity index (χ0) is 17.5. The van der Waals surface area contributed by atoms with Gasteiger partial charge in [-0.2, -0.15) is 0 Å². The molecule has 1 atom stereocenters. The quantitative estimate of drug-likeness (QED) is 0.771. The van der Waals surface area contributed by atoms with Crippen LogP contribution in [0.15, 0.2) is 47.4 Å². The molecule has 5 heteroatoms. The normalized spacial score (nSPS) is 11.7. The van der Waals surface area contributed by atoms with E-state index in [9.17, 15) is 4.79 Å². The van der Waals surface area contributed by atoms with Crippen LogP contribution in [-0.4, -0.2) is 25.9 Å². The fraction of sp³-hybridized carbons (Fsp3) is 0.316. The summed E-state index contributed by atoms with van der Waals surface area (Å²) in [6.07, 6.45) is 0. The molecule has 2 rings (SSSR count). The Balaban J connectivity index is 1.92. The van der Waals surface area contributed by atoms with Gasteiger partial charge in [0.1, 0.15) is 11.5 Å². The van der Waals surface area contributed by atoms with E-state index in [0.717, 1.165) is 27.5 Å². The fourth-order valence-corrected chi connectivity index (χ4v) is 3.08. The maximum Gasteiger partial charge on any atom is 0.230 e. The minimum absolute atomic E-state index is 0.00752. The zero-order valence-electron chi connectivity index (χ0n) is 14.5. The van der Waals surface area contributed by atoms with Crippen LogP contribution in [-0.2, 0) is 4.79 Å². The van der Waals surface area contributed by atoms with Crippen molar-refractivity contribution >= 4 is 17.7 Å². The van der Waals surface area contributed by atoms with Gasteiger partial charge in [0.05, 0.1) is 26.0 Å². The number of benzene rings is 2. The third-order valence-corrected chi connectivity index (χ3v) is 4.67. The summed E-state index contributed by atoms with van der Waals surface area (Å²) in [7, 11) is 3.28. The number of hydrogen-bond acceptors (Lipinski definition) is 4. The molecule has 24 heavy (non-hydrogen) atoms. The highest BCUT2D eigenvalue weighted by molar-refractivity contribution is 8.00. The van der Waals surface area contributed by atoms with Crippen LogP contribution in [0.1, 0.15) is 24.1 Å². The Kier molecular flexibility index (Phi) is 6.55. The molecule has 0 heterocycles. The Bertz CT molecular complexity index is 686. The number of rotatable bonds is 7. The van der Waals surface area contributed by atoms with Crippen LogP contribution in [0.3, 0.4) is 0 Å². The predicted octanol–water partition coefficient (Wildman–Crippen LogP) is 3.98. The van der Waals surface area contributed by atoms with Crippen LogP contribution >= 0.6 is 11.8 Å². The largest absolute Gasteiger partial charge is 0.497 e.